The van der Waals surface area contributed by atoms with Crippen molar-refractivity contribution in [3.8, 4) is 0 Å². The Morgan fingerprint density at radius 1 is 1.11 bits per heavy atom. The van der Waals surface area contributed by atoms with Gasteiger partial charge in [0.2, 0.25) is 0 Å². The molecule has 0 aliphatic carbocycles. The van der Waals surface area contributed by atoms with E-state index in [1.54, 1.807) is 6.33 Å². The molecule has 0 aliphatic rings. The van der Waals surface area contributed by atoms with Gasteiger partial charge in [-0.05, 0) is 34.3 Å². The molecule has 0 N–H and O–H groups in total. The van der Waals surface area contributed by atoms with Crippen molar-refractivity contribution in [2.45, 2.75) is 12.8 Å². The van der Waals surface area contributed by atoms with Crippen LogP contribution in [0.3, 0.4) is 0 Å². The molecule has 0 atom stereocenters. The molecule has 19 heavy (non-hydrogen) atoms. The Labute approximate surface area is 120 Å². The smallest absolute Gasteiger partial charge is 0.144 e. The van der Waals surface area contributed by atoms with Gasteiger partial charge in [-0.2, -0.15) is 0 Å². The Bertz CT molecular complexity index is 704. The standard InChI is InChI=1S/C15H14BrN3/c1-19-9-12(16)14-13(17-10-18-15(14)19)8-7-11-5-3-2-4-6-11/h2-6,9-10H,7-8H2,1H3. The molecule has 0 fully saturated rings. The number of hydrogen-bond acceptors (Lipinski definition) is 2. The minimum Gasteiger partial charge on any atom is -0.334 e. The van der Waals surface area contributed by atoms with E-state index in [-0.39, 0.29) is 0 Å². The number of halogens is 1. The van der Waals surface area contributed by atoms with Crippen molar-refractivity contribution in [2.24, 2.45) is 7.05 Å². The van der Waals surface area contributed by atoms with Crippen molar-refractivity contribution in [3.05, 3.63) is 58.6 Å². The third-order valence-electron chi connectivity index (χ3n) is 3.28. The van der Waals surface area contributed by atoms with Crippen molar-refractivity contribution in [3.63, 3.8) is 0 Å². The average Bonchev–Trinajstić information content (AvgIpc) is 2.74. The van der Waals surface area contributed by atoms with Gasteiger partial charge in [-0.25, -0.2) is 9.97 Å². The van der Waals surface area contributed by atoms with Gasteiger partial charge >= 0.3 is 0 Å². The molecule has 1 aromatic carbocycles. The first-order valence-electron chi connectivity index (χ1n) is 6.24. The molecule has 3 nitrogen and oxygen atoms in total. The normalized spacial score (nSPS) is 11.1. The lowest BCUT2D eigenvalue weighted by atomic mass is 10.1. The number of hydrogen-bond donors (Lipinski definition) is 0. The Balaban J connectivity index is 1.93. The summed E-state index contributed by atoms with van der Waals surface area (Å²) in [5, 5.41) is 1.13. The molecule has 3 aromatic rings. The quantitative estimate of drug-likeness (QED) is 0.740. The summed E-state index contributed by atoms with van der Waals surface area (Å²) in [5.74, 6) is 0. The zero-order valence-electron chi connectivity index (χ0n) is 10.7. The first-order valence-corrected chi connectivity index (χ1v) is 7.03. The molecular weight excluding hydrogens is 302 g/mol. The molecule has 4 heteroatoms. The summed E-state index contributed by atoms with van der Waals surface area (Å²) in [6.45, 7) is 0. The highest BCUT2D eigenvalue weighted by Gasteiger charge is 2.11. The minimum absolute atomic E-state index is 0.922. The number of rotatable bonds is 3. The van der Waals surface area contributed by atoms with Crippen LogP contribution in [0.1, 0.15) is 11.3 Å². The molecule has 0 aliphatic heterocycles. The Kier molecular flexibility index (Phi) is 3.34. The molecule has 0 spiro atoms. The van der Waals surface area contributed by atoms with Gasteiger partial charge in [0.05, 0.1) is 11.1 Å². The lowest BCUT2D eigenvalue weighted by molar-refractivity contribution is 0.903. The van der Waals surface area contributed by atoms with Crippen LogP contribution in [0.25, 0.3) is 11.0 Å². The van der Waals surface area contributed by atoms with Crippen molar-refractivity contribution in [2.75, 3.05) is 0 Å². The molecule has 0 bridgehead atoms. The molecule has 0 saturated carbocycles. The fraction of sp³-hybridized carbons (Fsp3) is 0.200. The lowest BCUT2D eigenvalue weighted by Gasteiger charge is -2.03. The maximum atomic E-state index is 4.44. The van der Waals surface area contributed by atoms with Crippen molar-refractivity contribution < 1.29 is 0 Å². The molecule has 2 heterocycles. The number of fused-ring (bicyclic) bond motifs is 1. The van der Waals surface area contributed by atoms with E-state index in [1.165, 1.54) is 5.56 Å². The van der Waals surface area contributed by atoms with Gasteiger partial charge in [-0.15, -0.1) is 0 Å². The van der Waals surface area contributed by atoms with Crippen LogP contribution in [0.15, 0.2) is 47.3 Å². The molecular formula is C15H14BrN3. The van der Waals surface area contributed by atoms with Gasteiger partial charge in [-0.3, -0.25) is 0 Å². The van der Waals surface area contributed by atoms with Crippen LogP contribution >= 0.6 is 15.9 Å². The summed E-state index contributed by atoms with van der Waals surface area (Å²) in [6.07, 6.45) is 5.60. The van der Waals surface area contributed by atoms with Crippen LogP contribution in [0, 0.1) is 0 Å². The van der Waals surface area contributed by atoms with E-state index in [9.17, 15) is 0 Å². The van der Waals surface area contributed by atoms with E-state index in [0.29, 0.717) is 0 Å². The molecule has 3 rings (SSSR count). The van der Waals surface area contributed by atoms with E-state index in [1.807, 2.05) is 23.9 Å². The maximum Gasteiger partial charge on any atom is 0.144 e. The van der Waals surface area contributed by atoms with Gasteiger partial charge in [-0.1, -0.05) is 30.3 Å². The molecule has 0 unspecified atom stereocenters. The second-order valence-electron chi connectivity index (χ2n) is 4.59. The van der Waals surface area contributed by atoms with Crippen LogP contribution in [0.2, 0.25) is 0 Å². The molecule has 0 radical (unpaired) electrons. The van der Waals surface area contributed by atoms with E-state index >= 15 is 0 Å². The third-order valence-corrected chi connectivity index (χ3v) is 3.88. The fourth-order valence-electron chi connectivity index (χ4n) is 2.32. The Hall–Kier alpha value is -1.68. The van der Waals surface area contributed by atoms with Crippen molar-refractivity contribution in [1.82, 2.24) is 14.5 Å². The van der Waals surface area contributed by atoms with Crippen LogP contribution in [0.4, 0.5) is 0 Å². The first kappa shape index (κ1) is 12.4. The van der Waals surface area contributed by atoms with Crippen LogP contribution < -0.4 is 0 Å². The number of benzene rings is 1. The molecule has 0 amide bonds. The Morgan fingerprint density at radius 2 is 1.89 bits per heavy atom. The van der Waals surface area contributed by atoms with E-state index in [0.717, 1.165) is 34.0 Å². The van der Waals surface area contributed by atoms with Gasteiger partial charge in [0.15, 0.2) is 0 Å². The Morgan fingerprint density at radius 3 is 2.68 bits per heavy atom. The number of nitrogens with zero attached hydrogens (tertiary/aromatic N) is 3. The number of aromatic nitrogens is 3. The zero-order valence-corrected chi connectivity index (χ0v) is 12.3. The van der Waals surface area contributed by atoms with Gasteiger partial charge in [0, 0.05) is 17.7 Å². The van der Waals surface area contributed by atoms with E-state index in [4.69, 9.17) is 0 Å². The summed E-state index contributed by atoms with van der Waals surface area (Å²) < 4.78 is 3.08. The number of aryl methyl sites for hydroxylation is 3. The molecule has 2 aromatic heterocycles. The summed E-state index contributed by atoms with van der Waals surface area (Å²) in [5.41, 5.74) is 3.41. The fourth-order valence-corrected chi connectivity index (χ4v) is 3.03. The lowest BCUT2D eigenvalue weighted by Crippen LogP contribution is -1.97. The largest absolute Gasteiger partial charge is 0.334 e. The first-order chi connectivity index (χ1) is 9.25. The van der Waals surface area contributed by atoms with E-state index in [2.05, 4.69) is 50.2 Å². The molecule has 0 saturated heterocycles. The average molecular weight is 316 g/mol. The van der Waals surface area contributed by atoms with Gasteiger partial charge in [0.25, 0.3) is 0 Å². The predicted molar refractivity (Wildman–Crippen MR) is 80.1 cm³/mol. The second-order valence-corrected chi connectivity index (χ2v) is 5.45. The topological polar surface area (TPSA) is 30.7 Å². The summed E-state index contributed by atoms with van der Waals surface area (Å²) >= 11 is 3.59. The monoisotopic (exact) mass is 315 g/mol. The molecule has 96 valence electrons. The van der Waals surface area contributed by atoms with Crippen molar-refractivity contribution in [1.29, 1.82) is 0 Å². The second kappa shape index (κ2) is 5.13. The highest BCUT2D eigenvalue weighted by Crippen LogP contribution is 2.26. The van der Waals surface area contributed by atoms with Gasteiger partial charge in [0.1, 0.15) is 12.0 Å². The van der Waals surface area contributed by atoms with Crippen LogP contribution in [-0.4, -0.2) is 14.5 Å². The minimum atomic E-state index is 0.922. The van der Waals surface area contributed by atoms with Crippen LogP contribution in [0.5, 0.6) is 0 Å². The van der Waals surface area contributed by atoms with Crippen molar-refractivity contribution >= 4 is 27.0 Å². The highest BCUT2D eigenvalue weighted by atomic mass is 79.9. The van der Waals surface area contributed by atoms with Crippen LogP contribution in [-0.2, 0) is 19.9 Å². The zero-order chi connectivity index (χ0) is 13.2. The SMILES string of the molecule is Cn1cc(Br)c2c(CCc3ccccc3)ncnc21. The third kappa shape index (κ3) is 2.40. The van der Waals surface area contributed by atoms with E-state index < -0.39 is 0 Å². The maximum absolute atomic E-state index is 4.44. The summed E-state index contributed by atoms with van der Waals surface area (Å²) in [6, 6.07) is 10.5. The highest BCUT2D eigenvalue weighted by molar-refractivity contribution is 9.10. The van der Waals surface area contributed by atoms with Gasteiger partial charge < -0.3 is 4.57 Å². The predicted octanol–water partition coefficient (Wildman–Crippen LogP) is 3.52. The summed E-state index contributed by atoms with van der Waals surface area (Å²) in [7, 11) is 2.00. The summed E-state index contributed by atoms with van der Waals surface area (Å²) in [4.78, 5) is 8.78.